The van der Waals surface area contributed by atoms with Crippen LogP contribution in [0, 0.1) is 13.8 Å². The predicted molar refractivity (Wildman–Crippen MR) is 93.3 cm³/mol. The smallest absolute Gasteiger partial charge is 0.338 e. The number of anilines is 1. The second-order valence-electron chi connectivity index (χ2n) is 6.40. The second-order valence-corrected chi connectivity index (χ2v) is 6.40. The van der Waals surface area contributed by atoms with Gasteiger partial charge in [0.15, 0.2) is 6.61 Å². The van der Waals surface area contributed by atoms with E-state index >= 15 is 0 Å². The number of ether oxygens (including phenoxy) is 1. The van der Waals surface area contributed by atoms with Gasteiger partial charge in [-0.1, -0.05) is 35.4 Å². The summed E-state index contributed by atoms with van der Waals surface area (Å²) in [7, 11) is 0. The van der Waals surface area contributed by atoms with Gasteiger partial charge in [0.2, 0.25) is 0 Å². The molecule has 124 valence electrons. The lowest BCUT2D eigenvalue weighted by Gasteiger charge is -2.22. The first kappa shape index (κ1) is 16.2. The Morgan fingerprint density at radius 1 is 1.12 bits per heavy atom. The van der Waals surface area contributed by atoms with E-state index in [1.54, 1.807) is 17.0 Å². The van der Waals surface area contributed by atoms with Crippen molar-refractivity contribution in [3.8, 4) is 0 Å². The standard InChI is InChI=1S/C20H21NO3/c1-13-8-14(2)10-17(9-13)20(23)24-12-19(22)21-15(3)11-16-6-4-5-7-18(16)21/h4-10,15H,11-12H2,1-3H3/t15-/m0/s1. The summed E-state index contributed by atoms with van der Waals surface area (Å²) in [5.41, 5.74) is 4.54. The van der Waals surface area contributed by atoms with Crippen LogP contribution in [0.5, 0.6) is 0 Å². The van der Waals surface area contributed by atoms with Crippen molar-refractivity contribution >= 4 is 17.6 Å². The first-order valence-electron chi connectivity index (χ1n) is 8.11. The van der Waals surface area contributed by atoms with Gasteiger partial charge in [0, 0.05) is 11.7 Å². The highest BCUT2D eigenvalue weighted by atomic mass is 16.5. The lowest BCUT2D eigenvalue weighted by molar-refractivity contribution is -0.122. The van der Waals surface area contributed by atoms with E-state index < -0.39 is 5.97 Å². The van der Waals surface area contributed by atoms with Crippen molar-refractivity contribution in [3.05, 3.63) is 64.7 Å². The number of aryl methyl sites for hydroxylation is 2. The number of carbonyl (C=O) groups excluding carboxylic acids is 2. The molecular weight excluding hydrogens is 302 g/mol. The van der Waals surface area contributed by atoms with Crippen LogP contribution >= 0.6 is 0 Å². The summed E-state index contributed by atoms with van der Waals surface area (Å²) in [6.45, 7) is 5.61. The van der Waals surface area contributed by atoms with E-state index in [2.05, 4.69) is 0 Å². The third-order valence-electron chi connectivity index (χ3n) is 4.26. The molecule has 1 amide bonds. The zero-order valence-electron chi connectivity index (χ0n) is 14.2. The van der Waals surface area contributed by atoms with Crippen LogP contribution < -0.4 is 4.90 Å². The summed E-state index contributed by atoms with van der Waals surface area (Å²) in [5.74, 6) is -0.652. The van der Waals surface area contributed by atoms with Gasteiger partial charge in [0.25, 0.3) is 5.91 Å². The van der Waals surface area contributed by atoms with Crippen LogP contribution in [0.3, 0.4) is 0 Å². The van der Waals surface area contributed by atoms with Gasteiger partial charge in [-0.2, -0.15) is 0 Å². The number of fused-ring (bicyclic) bond motifs is 1. The molecule has 3 rings (SSSR count). The first-order chi connectivity index (χ1) is 11.5. The summed E-state index contributed by atoms with van der Waals surface area (Å²) in [6, 6.07) is 13.5. The van der Waals surface area contributed by atoms with Crippen LogP contribution in [-0.4, -0.2) is 24.5 Å². The summed E-state index contributed by atoms with van der Waals surface area (Å²) in [4.78, 5) is 26.5. The largest absolute Gasteiger partial charge is 0.452 e. The fraction of sp³-hybridized carbons (Fsp3) is 0.300. The van der Waals surface area contributed by atoms with Crippen molar-refractivity contribution in [1.82, 2.24) is 0 Å². The number of rotatable bonds is 3. The Balaban J connectivity index is 1.68. The molecule has 0 spiro atoms. The molecule has 0 unspecified atom stereocenters. The number of para-hydroxylation sites is 1. The van der Waals surface area contributed by atoms with Gasteiger partial charge < -0.3 is 9.64 Å². The zero-order chi connectivity index (χ0) is 17.3. The minimum absolute atomic E-state index is 0.0785. The van der Waals surface area contributed by atoms with Crippen molar-refractivity contribution in [2.24, 2.45) is 0 Å². The fourth-order valence-corrected chi connectivity index (χ4v) is 3.32. The Morgan fingerprint density at radius 3 is 2.50 bits per heavy atom. The van der Waals surface area contributed by atoms with Gasteiger partial charge in [-0.25, -0.2) is 4.79 Å². The van der Waals surface area contributed by atoms with Crippen LogP contribution in [0.4, 0.5) is 5.69 Å². The molecule has 0 fully saturated rings. The second kappa shape index (κ2) is 6.48. The van der Waals surface area contributed by atoms with Crippen molar-refractivity contribution < 1.29 is 14.3 Å². The fourth-order valence-electron chi connectivity index (χ4n) is 3.32. The highest BCUT2D eigenvalue weighted by molar-refractivity contribution is 5.99. The lowest BCUT2D eigenvalue weighted by atomic mass is 10.1. The Morgan fingerprint density at radius 2 is 1.79 bits per heavy atom. The monoisotopic (exact) mass is 323 g/mol. The third kappa shape index (κ3) is 3.18. The number of amides is 1. The van der Waals surface area contributed by atoms with Crippen LogP contribution in [0.15, 0.2) is 42.5 Å². The molecule has 2 aromatic carbocycles. The molecule has 0 saturated carbocycles. The molecular formula is C20H21NO3. The quantitative estimate of drug-likeness (QED) is 0.813. The van der Waals surface area contributed by atoms with Crippen LogP contribution in [0.25, 0.3) is 0 Å². The Hall–Kier alpha value is -2.62. The van der Waals surface area contributed by atoms with E-state index in [1.165, 1.54) is 0 Å². The minimum Gasteiger partial charge on any atom is -0.452 e. The zero-order valence-corrected chi connectivity index (χ0v) is 14.2. The maximum atomic E-state index is 12.5. The van der Waals surface area contributed by atoms with Crippen LogP contribution in [0.1, 0.15) is 34.0 Å². The highest BCUT2D eigenvalue weighted by Crippen LogP contribution is 2.31. The Kier molecular flexibility index (Phi) is 4.38. The summed E-state index contributed by atoms with van der Waals surface area (Å²) in [6.07, 6.45) is 0.826. The maximum absolute atomic E-state index is 12.5. The van der Waals surface area contributed by atoms with Crippen molar-refractivity contribution in [1.29, 1.82) is 0 Å². The molecule has 0 N–H and O–H groups in total. The molecule has 1 aliphatic heterocycles. The molecule has 0 radical (unpaired) electrons. The molecule has 0 saturated heterocycles. The van der Waals surface area contributed by atoms with Crippen LogP contribution in [0.2, 0.25) is 0 Å². The highest BCUT2D eigenvalue weighted by Gasteiger charge is 2.31. The van der Waals surface area contributed by atoms with E-state index in [0.29, 0.717) is 5.56 Å². The molecule has 4 nitrogen and oxygen atoms in total. The third-order valence-corrected chi connectivity index (χ3v) is 4.26. The average molecular weight is 323 g/mol. The number of nitrogens with zero attached hydrogens (tertiary/aromatic N) is 1. The van der Waals surface area contributed by atoms with Gasteiger partial charge >= 0.3 is 5.97 Å². The Labute approximate surface area is 142 Å². The summed E-state index contributed by atoms with van der Waals surface area (Å²) in [5, 5.41) is 0. The molecule has 0 aromatic heterocycles. The number of esters is 1. The summed E-state index contributed by atoms with van der Waals surface area (Å²) < 4.78 is 5.25. The molecule has 1 heterocycles. The van der Waals surface area contributed by atoms with E-state index in [0.717, 1.165) is 28.8 Å². The van der Waals surface area contributed by atoms with Gasteiger partial charge in [-0.15, -0.1) is 0 Å². The minimum atomic E-state index is -0.463. The molecule has 24 heavy (non-hydrogen) atoms. The average Bonchev–Trinajstić information content (AvgIpc) is 2.87. The Bertz CT molecular complexity index is 777. The van der Waals surface area contributed by atoms with E-state index in [4.69, 9.17) is 4.74 Å². The first-order valence-corrected chi connectivity index (χ1v) is 8.11. The number of benzene rings is 2. The van der Waals surface area contributed by atoms with Crippen LogP contribution in [-0.2, 0) is 16.0 Å². The van der Waals surface area contributed by atoms with E-state index in [-0.39, 0.29) is 18.6 Å². The molecule has 1 atom stereocenters. The van der Waals surface area contributed by atoms with E-state index in [1.807, 2.05) is 51.1 Å². The lowest BCUT2D eigenvalue weighted by Crippen LogP contribution is -2.38. The van der Waals surface area contributed by atoms with Gasteiger partial charge in [0.05, 0.1) is 5.56 Å². The normalized spacial score (nSPS) is 16.0. The predicted octanol–water partition coefficient (Wildman–Crippen LogP) is 3.44. The van der Waals surface area contributed by atoms with Gasteiger partial charge in [-0.05, 0) is 51.0 Å². The molecule has 2 aromatic rings. The van der Waals surface area contributed by atoms with Crippen molar-refractivity contribution in [2.45, 2.75) is 33.2 Å². The van der Waals surface area contributed by atoms with Crippen molar-refractivity contribution in [3.63, 3.8) is 0 Å². The SMILES string of the molecule is Cc1cc(C)cc(C(=O)OCC(=O)N2c3ccccc3C[C@@H]2C)c1. The number of hydrogen-bond donors (Lipinski definition) is 0. The maximum Gasteiger partial charge on any atom is 0.338 e. The van der Waals surface area contributed by atoms with E-state index in [9.17, 15) is 9.59 Å². The topological polar surface area (TPSA) is 46.6 Å². The van der Waals surface area contributed by atoms with Gasteiger partial charge in [-0.3, -0.25) is 4.79 Å². The number of carbonyl (C=O) groups is 2. The number of hydrogen-bond acceptors (Lipinski definition) is 3. The summed E-state index contributed by atoms with van der Waals surface area (Å²) >= 11 is 0. The molecule has 4 heteroatoms. The molecule has 1 aliphatic rings. The molecule has 0 aliphatic carbocycles. The van der Waals surface area contributed by atoms with Crippen molar-refractivity contribution in [2.75, 3.05) is 11.5 Å². The molecule has 0 bridgehead atoms. The van der Waals surface area contributed by atoms with Gasteiger partial charge in [0.1, 0.15) is 0 Å².